The van der Waals surface area contributed by atoms with Crippen LogP contribution in [0.2, 0.25) is 0 Å². The second kappa shape index (κ2) is 6.80. The summed E-state index contributed by atoms with van der Waals surface area (Å²) in [4.78, 5) is 10.3. The lowest BCUT2D eigenvalue weighted by Crippen LogP contribution is -1.81. The van der Waals surface area contributed by atoms with Gasteiger partial charge in [-0.15, -0.1) is 0 Å². The van der Waals surface area contributed by atoms with Crippen LogP contribution in [0.1, 0.15) is 15.9 Å². The molecular formula is C10H13BrO2. The molecule has 0 N–H and O–H groups in total. The summed E-state index contributed by atoms with van der Waals surface area (Å²) in [7, 11) is 3.25. The first kappa shape index (κ1) is 12.3. The second-order valence-corrected chi connectivity index (χ2v) is 3.41. The number of aldehydes is 1. The molecule has 2 nitrogen and oxygen atoms in total. The van der Waals surface area contributed by atoms with Crippen LogP contribution in [0.5, 0.6) is 0 Å². The molecular weight excluding hydrogens is 232 g/mol. The summed E-state index contributed by atoms with van der Waals surface area (Å²) in [5, 5.41) is 0. The molecule has 0 saturated heterocycles. The van der Waals surface area contributed by atoms with Gasteiger partial charge in [0.25, 0.3) is 0 Å². The number of hydrogen-bond acceptors (Lipinski definition) is 2. The molecule has 3 heteroatoms. The number of halogens is 1. The minimum atomic E-state index is 0.700. The van der Waals surface area contributed by atoms with Crippen LogP contribution in [0, 0.1) is 6.92 Å². The molecule has 72 valence electrons. The highest BCUT2D eigenvalue weighted by Gasteiger charge is 1.95. The highest BCUT2D eigenvalue weighted by atomic mass is 79.9. The molecule has 0 saturated carbocycles. The molecule has 0 spiro atoms. The van der Waals surface area contributed by atoms with Crippen molar-refractivity contribution < 1.29 is 9.53 Å². The van der Waals surface area contributed by atoms with Crippen LogP contribution in [0.4, 0.5) is 0 Å². The maximum absolute atomic E-state index is 10.3. The number of carbonyl (C=O) groups excluding carboxylic acids is 1. The van der Waals surface area contributed by atoms with Crippen LogP contribution in [0.3, 0.4) is 0 Å². The highest BCUT2D eigenvalue weighted by molar-refractivity contribution is 9.10. The molecule has 0 unspecified atom stereocenters. The van der Waals surface area contributed by atoms with E-state index < -0.39 is 0 Å². The summed E-state index contributed by atoms with van der Waals surface area (Å²) in [5.74, 6) is 0. The van der Waals surface area contributed by atoms with E-state index in [1.165, 1.54) is 0 Å². The van der Waals surface area contributed by atoms with Gasteiger partial charge in [-0.1, -0.05) is 28.1 Å². The van der Waals surface area contributed by atoms with Gasteiger partial charge in [0.1, 0.15) is 0 Å². The van der Waals surface area contributed by atoms with Crippen LogP contribution in [-0.4, -0.2) is 20.5 Å². The van der Waals surface area contributed by atoms with E-state index in [1.54, 1.807) is 20.3 Å². The smallest absolute Gasteiger partial charge is 0.151 e. The molecule has 0 radical (unpaired) electrons. The number of aryl methyl sites for hydroxylation is 1. The minimum absolute atomic E-state index is 0.700. The van der Waals surface area contributed by atoms with Gasteiger partial charge in [0.05, 0.1) is 0 Å². The first-order valence-corrected chi connectivity index (χ1v) is 4.56. The molecule has 0 aliphatic rings. The summed E-state index contributed by atoms with van der Waals surface area (Å²) in [6.45, 7) is 1.99. The highest BCUT2D eigenvalue weighted by Crippen LogP contribution is 2.15. The number of rotatable bonds is 1. The number of benzene rings is 1. The van der Waals surface area contributed by atoms with Crippen LogP contribution in [0.15, 0.2) is 22.7 Å². The fourth-order valence-corrected chi connectivity index (χ4v) is 1.31. The van der Waals surface area contributed by atoms with E-state index in [4.69, 9.17) is 0 Å². The first-order chi connectivity index (χ1) is 6.15. The summed E-state index contributed by atoms with van der Waals surface area (Å²) >= 11 is 3.28. The second-order valence-electron chi connectivity index (χ2n) is 2.55. The monoisotopic (exact) mass is 244 g/mol. The standard InChI is InChI=1S/C8H7BrO.C2H6O/c1-6-2-3-7(5-10)8(9)4-6;1-3-2/h2-5H,1H3;1-2H3. The molecule has 0 aliphatic carbocycles. The van der Waals surface area contributed by atoms with Gasteiger partial charge in [-0.25, -0.2) is 0 Å². The van der Waals surface area contributed by atoms with Gasteiger partial charge in [0, 0.05) is 24.3 Å². The maximum Gasteiger partial charge on any atom is 0.151 e. The predicted octanol–water partition coefficient (Wildman–Crippen LogP) is 2.83. The molecule has 1 aromatic carbocycles. The normalized spacial score (nSPS) is 8.62. The van der Waals surface area contributed by atoms with Crippen molar-refractivity contribution in [3.63, 3.8) is 0 Å². The SMILES string of the molecule is COC.Cc1ccc(C=O)c(Br)c1. The Hall–Kier alpha value is -0.670. The molecule has 1 aromatic rings. The van der Waals surface area contributed by atoms with E-state index in [1.807, 2.05) is 19.1 Å². The van der Waals surface area contributed by atoms with Crippen LogP contribution >= 0.6 is 15.9 Å². The van der Waals surface area contributed by atoms with Crippen molar-refractivity contribution in [2.45, 2.75) is 6.92 Å². The molecule has 0 fully saturated rings. The van der Waals surface area contributed by atoms with E-state index >= 15 is 0 Å². The van der Waals surface area contributed by atoms with E-state index in [9.17, 15) is 4.79 Å². The Bertz CT molecular complexity index is 272. The van der Waals surface area contributed by atoms with Crippen molar-refractivity contribution >= 4 is 22.2 Å². The van der Waals surface area contributed by atoms with Crippen molar-refractivity contribution in [3.05, 3.63) is 33.8 Å². The van der Waals surface area contributed by atoms with E-state index in [0.717, 1.165) is 16.3 Å². The number of ether oxygens (including phenoxy) is 1. The number of hydrogen-bond donors (Lipinski definition) is 0. The first-order valence-electron chi connectivity index (χ1n) is 3.77. The lowest BCUT2D eigenvalue weighted by Gasteiger charge is -1.95. The van der Waals surface area contributed by atoms with Crippen molar-refractivity contribution in [2.24, 2.45) is 0 Å². The fourth-order valence-electron chi connectivity index (χ4n) is 0.728. The van der Waals surface area contributed by atoms with Gasteiger partial charge in [-0.3, -0.25) is 4.79 Å². The van der Waals surface area contributed by atoms with Gasteiger partial charge < -0.3 is 4.74 Å². The zero-order chi connectivity index (χ0) is 10.3. The third kappa shape index (κ3) is 4.80. The summed E-state index contributed by atoms with van der Waals surface area (Å²) in [5.41, 5.74) is 1.85. The largest absolute Gasteiger partial charge is 0.388 e. The third-order valence-electron chi connectivity index (χ3n) is 1.28. The summed E-state index contributed by atoms with van der Waals surface area (Å²) in [6, 6.07) is 5.63. The molecule has 0 atom stereocenters. The van der Waals surface area contributed by atoms with E-state index in [0.29, 0.717) is 5.56 Å². The van der Waals surface area contributed by atoms with Crippen molar-refractivity contribution in [1.82, 2.24) is 0 Å². The van der Waals surface area contributed by atoms with E-state index in [2.05, 4.69) is 20.7 Å². The topological polar surface area (TPSA) is 26.3 Å². The quantitative estimate of drug-likeness (QED) is 0.711. The van der Waals surface area contributed by atoms with E-state index in [-0.39, 0.29) is 0 Å². The predicted molar refractivity (Wildman–Crippen MR) is 57.2 cm³/mol. The Morgan fingerprint density at radius 2 is 1.92 bits per heavy atom. The Morgan fingerprint density at radius 3 is 2.31 bits per heavy atom. The van der Waals surface area contributed by atoms with Gasteiger partial charge >= 0.3 is 0 Å². The van der Waals surface area contributed by atoms with Gasteiger partial charge in [-0.2, -0.15) is 0 Å². The number of carbonyl (C=O) groups is 1. The van der Waals surface area contributed by atoms with Gasteiger partial charge in [0.2, 0.25) is 0 Å². The number of methoxy groups -OCH3 is 1. The molecule has 0 heterocycles. The Kier molecular flexibility index (Phi) is 6.45. The van der Waals surface area contributed by atoms with Crippen molar-refractivity contribution in [3.8, 4) is 0 Å². The molecule has 0 bridgehead atoms. The van der Waals surface area contributed by atoms with Crippen LogP contribution in [-0.2, 0) is 4.74 Å². The Labute approximate surface area is 87.0 Å². The van der Waals surface area contributed by atoms with Crippen molar-refractivity contribution in [1.29, 1.82) is 0 Å². The third-order valence-corrected chi connectivity index (χ3v) is 1.97. The summed E-state index contributed by atoms with van der Waals surface area (Å²) < 4.78 is 5.11. The molecule has 0 aromatic heterocycles. The van der Waals surface area contributed by atoms with Crippen molar-refractivity contribution in [2.75, 3.05) is 14.2 Å². The zero-order valence-electron chi connectivity index (χ0n) is 8.00. The molecule has 0 aliphatic heterocycles. The Morgan fingerprint density at radius 1 is 1.38 bits per heavy atom. The average Bonchev–Trinajstić information content (AvgIpc) is 2.06. The van der Waals surface area contributed by atoms with Crippen LogP contribution < -0.4 is 0 Å². The molecule has 1 rings (SSSR count). The van der Waals surface area contributed by atoms with Crippen LogP contribution in [0.25, 0.3) is 0 Å². The van der Waals surface area contributed by atoms with Gasteiger partial charge in [-0.05, 0) is 18.6 Å². The lowest BCUT2D eigenvalue weighted by atomic mass is 10.2. The van der Waals surface area contributed by atoms with Gasteiger partial charge in [0.15, 0.2) is 6.29 Å². The summed E-state index contributed by atoms with van der Waals surface area (Å²) in [6.07, 6.45) is 0.837. The average molecular weight is 245 g/mol. The Balaban J connectivity index is 0.000000424. The fraction of sp³-hybridized carbons (Fsp3) is 0.300. The lowest BCUT2D eigenvalue weighted by molar-refractivity contribution is 0.112. The molecule has 13 heavy (non-hydrogen) atoms. The zero-order valence-corrected chi connectivity index (χ0v) is 9.59. The minimum Gasteiger partial charge on any atom is -0.388 e. The molecule has 0 amide bonds. The maximum atomic E-state index is 10.3.